The first-order valence-corrected chi connectivity index (χ1v) is 13.5. The number of fused-ring (bicyclic) bond motifs is 4. The second-order valence-electron chi connectivity index (χ2n) is 12.7. The van der Waals surface area contributed by atoms with Crippen LogP contribution in [0.15, 0.2) is 11.1 Å². The molecule has 0 unspecified atom stereocenters. The standard InChI is InChI=1S/C29H48O2/c1-19(2)8-7-9-20(3)25-12-13-26-24-11-10-22-18-23(31-21(4)30)14-16-28(22,5)27(24)15-17-29(25,26)6/h19-20,22-23,25-26H,7-18H2,1-6H3/t20-,22+,23+,25-,26-,28+,29-/m1/s1. The van der Waals surface area contributed by atoms with E-state index in [0.29, 0.717) is 16.7 Å². The molecular weight excluding hydrogens is 380 g/mol. The fourth-order valence-electron chi connectivity index (χ4n) is 8.79. The summed E-state index contributed by atoms with van der Waals surface area (Å²) in [4.78, 5) is 11.5. The molecule has 7 atom stereocenters. The minimum absolute atomic E-state index is 0.0998. The predicted molar refractivity (Wildman–Crippen MR) is 129 cm³/mol. The van der Waals surface area contributed by atoms with E-state index in [0.717, 1.165) is 36.5 Å². The van der Waals surface area contributed by atoms with Crippen molar-refractivity contribution in [3.05, 3.63) is 11.1 Å². The Balaban J connectivity index is 1.49. The fourth-order valence-corrected chi connectivity index (χ4v) is 8.79. The Labute approximate surface area is 192 Å². The number of esters is 1. The van der Waals surface area contributed by atoms with Crippen LogP contribution in [0.2, 0.25) is 0 Å². The monoisotopic (exact) mass is 428 g/mol. The van der Waals surface area contributed by atoms with Gasteiger partial charge in [0.15, 0.2) is 0 Å². The molecule has 0 radical (unpaired) electrons. The number of hydrogen-bond acceptors (Lipinski definition) is 2. The zero-order chi connectivity index (χ0) is 22.4. The van der Waals surface area contributed by atoms with Crippen LogP contribution < -0.4 is 0 Å². The summed E-state index contributed by atoms with van der Waals surface area (Å²) in [6.07, 6.45) is 16.0. The Morgan fingerprint density at radius 2 is 1.81 bits per heavy atom. The second-order valence-corrected chi connectivity index (χ2v) is 12.7. The molecule has 0 bridgehead atoms. The number of hydrogen-bond donors (Lipinski definition) is 0. The van der Waals surface area contributed by atoms with E-state index in [-0.39, 0.29) is 12.1 Å². The van der Waals surface area contributed by atoms with Crippen LogP contribution in [0, 0.1) is 40.4 Å². The lowest BCUT2D eigenvalue weighted by Crippen LogP contribution is -2.46. The number of ether oxygens (including phenoxy) is 1. The van der Waals surface area contributed by atoms with Gasteiger partial charge in [-0.1, -0.05) is 65.0 Å². The van der Waals surface area contributed by atoms with E-state index in [1.165, 1.54) is 64.2 Å². The molecule has 176 valence electrons. The third-order valence-electron chi connectivity index (χ3n) is 10.5. The van der Waals surface area contributed by atoms with Crippen molar-refractivity contribution in [3.63, 3.8) is 0 Å². The molecular formula is C29H48O2. The topological polar surface area (TPSA) is 26.3 Å². The molecule has 0 aliphatic heterocycles. The van der Waals surface area contributed by atoms with Crippen molar-refractivity contribution in [1.29, 1.82) is 0 Å². The fraction of sp³-hybridized carbons (Fsp3) is 0.897. The molecule has 4 aliphatic carbocycles. The highest BCUT2D eigenvalue weighted by atomic mass is 16.5. The molecule has 4 rings (SSSR count). The van der Waals surface area contributed by atoms with Crippen LogP contribution in [0.1, 0.15) is 119 Å². The molecule has 31 heavy (non-hydrogen) atoms. The van der Waals surface area contributed by atoms with Gasteiger partial charge in [0.2, 0.25) is 0 Å². The summed E-state index contributed by atoms with van der Waals surface area (Å²) >= 11 is 0. The summed E-state index contributed by atoms with van der Waals surface area (Å²) in [6, 6.07) is 0. The molecule has 0 amide bonds. The van der Waals surface area contributed by atoms with Crippen LogP contribution in [-0.2, 0) is 9.53 Å². The number of carbonyl (C=O) groups excluding carboxylic acids is 1. The van der Waals surface area contributed by atoms with Crippen molar-refractivity contribution in [1.82, 2.24) is 0 Å². The van der Waals surface area contributed by atoms with Gasteiger partial charge in [0, 0.05) is 6.92 Å². The lowest BCUT2D eigenvalue weighted by atomic mass is 9.50. The maximum absolute atomic E-state index is 11.5. The average molecular weight is 429 g/mol. The van der Waals surface area contributed by atoms with Gasteiger partial charge in [-0.3, -0.25) is 4.79 Å². The van der Waals surface area contributed by atoms with Crippen molar-refractivity contribution in [2.24, 2.45) is 40.4 Å². The van der Waals surface area contributed by atoms with Gasteiger partial charge in [-0.25, -0.2) is 0 Å². The number of carbonyl (C=O) groups is 1. The van der Waals surface area contributed by atoms with E-state index < -0.39 is 0 Å². The molecule has 0 spiro atoms. The summed E-state index contributed by atoms with van der Waals surface area (Å²) in [5.74, 6) is 4.09. The minimum Gasteiger partial charge on any atom is -0.463 e. The third-order valence-corrected chi connectivity index (χ3v) is 10.5. The quantitative estimate of drug-likeness (QED) is 0.315. The van der Waals surface area contributed by atoms with Crippen molar-refractivity contribution in [2.75, 3.05) is 0 Å². The van der Waals surface area contributed by atoms with Crippen molar-refractivity contribution >= 4 is 5.97 Å². The molecule has 2 nitrogen and oxygen atoms in total. The lowest BCUT2D eigenvalue weighted by Gasteiger charge is -2.55. The molecule has 2 fully saturated rings. The van der Waals surface area contributed by atoms with Gasteiger partial charge in [0.25, 0.3) is 0 Å². The molecule has 0 heterocycles. The molecule has 0 aromatic rings. The summed E-state index contributed by atoms with van der Waals surface area (Å²) in [5, 5.41) is 0. The number of allylic oxidation sites excluding steroid dienone is 2. The highest BCUT2D eigenvalue weighted by Crippen LogP contribution is 2.66. The van der Waals surface area contributed by atoms with Crippen LogP contribution >= 0.6 is 0 Å². The number of rotatable bonds is 6. The van der Waals surface area contributed by atoms with Crippen LogP contribution in [0.3, 0.4) is 0 Å². The van der Waals surface area contributed by atoms with Crippen LogP contribution in [-0.4, -0.2) is 12.1 Å². The predicted octanol–water partition coefficient (Wildman–Crippen LogP) is 8.10. The van der Waals surface area contributed by atoms with E-state index in [9.17, 15) is 4.79 Å². The van der Waals surface area contributed by atoms with Gasteiger partial charge >= 0.3 is 5.97 Å². The summed E-state index contributed by atoms with van der Waals surface area (Å²) in [7, 11) is 0. The van der Waals surface area contributed by atoms with E-state index in [1.807, 2.05) is 11.1 Å². The third kappa shape index (κ3) is 4.26. The molecule has 0 aromatic heterocycles. The molecule has 2 heteroatoms. The molecule has 0 saturated heterocycles. The molecule has 0 aromatic carbocycles. The SMILES string of the molecule is CC(=O)O[C@H]1CC[C@]2(C)C3=C(CC[C@H]2C1)[C@H]1CC[C@H]([C@H](C)CCCC(C)C)[C@@]1(C)CC3. The van der Waals surface area contributed by atoms with E-state index in [1.54, 1.807) is 6.92 Å². The Morgan fingerprint density at radius 3 is 2.52 bits per heavy atom. The van der Waals surface area contributed by atoms with E-state index in [2.05, 4.69) is 34.6 Å². The van der Waals surface area contributed by atoms with Crippen LogP contribution in [0.5, 0.6) is 0 Å². The zero-order valence-electron chi connectivity index (χ0n) is 21.3. The smallest absolute Gasteiger partial charge is 0.302 e. The van der Waals surface area contributed by atoms with Gasteiger partial charge in [-0.05, 0) is 98.2 Å². The normalized spacial score (nSPS) is 40.9. The average Bonchev–Trinajstić information content (AvgIpc) is 3.05. The Hall–Kier alpha value is -0.790. The first kappa shape index (κ1) is 23.4. The van der Waals surface area contributed by atoms with Crippen molar-refractivity contribution in [2.45, 2.75) is 125 Å². The first-order valence-electron chi connectivity index (χ1n) is 13.5. The first-order chi connectivity index (χ1) is 14.6. The largest absolute Gasteiger partial charge is 0.463 e. The highest BCUT2D eigenvalue weighted by molar-refractivity contribution is 5.66. The summed E-state index contributed by atoms with van der Waals surface area (Å²) in [5.41, 5.74) is 4.66. The maximum Gasteiger partial charge on any atom is 0.302 e. The van der Waals surface area contributed by atoms with Gasteiger partial charge in [-0.2, -0.15) is 0 Å². The van der Waals surface area contributed by atoms with Gasteiger partial charge in [0.05, 0.1) is 0 Å². The Morgan fingerprint density at radius 1 is 1.03 bits per heavy atom. The summed E-state index contributed by atoms with van der Waals surface area (Å²) in [6.45, 7) is 14.1. The van der Waals surface area contributed by atoms with Crippen LogP contribution in [0.25, 0.3) is 0 Å². The maximum atomic E-state index is 11.5. The molecule has 2 saturated carbocycles. The highest BCUT2D eigenvalue weighted by Gasteiger charge is 2.56. The Bertz CT molecular complexity index is 706. The molecule has 0 N–H and O–H groups in total. The summed E-state index contributed by atoms with van der Waals surface area (Å²) < 4.78 is 5.64. The second kappa shape index (κ2) is 8.86. The zero-order valence-corrected chi connectivity index (χ0v) is 21.3. The van der Waals surface area contributed by atoms with Crippen LogP contribution in [0.4, 0.5) is 0 Å². The van der Waals surface area contributed by atoms with Gasteiger partial charge < -0.3 is 4.74 Å². The van der Waals surface area contributed by atoms with Crippen molar-refractivity contribution < 1.29 is 9.53 Å². The lowest BCUT2D eigenvalue weighted by molar-refractivity contribution is -0.150. The Kier molecular flexibility index (Phi) is 6.68. The van der Waals surface area contributed by atoms with E-state index >= 15 is 0 Å². The molecule has 4 aliphatic rings. The van der Waals surface area contributed by atoms with Crippen molar-refractivity contribution in [3.8, 4) is 0 Å². The van der Waals surface area contributed by atoms with Gasteiger partial charge in [0.1, 0.15) is 6.10 Å². The minimum atomic E-state index is -0.0998. The van der Waals surface area contributed by atoms with Gasteiger partial charge in [-0.15, -0.1) is 0 Å². The van der Waals surface area contributed by atoms with E-state index in [4.69, 9.17) is 4.74 Å².